The van der Waals surface area contributed by atoms with Crippen molar-refractivity contribution in [3.05, 3.63) is 27.7 Å². The van der Waals surface area contributed by atoms with E-state index in [1.54, 1.807) is 6.07 Å². The number of alkyl halides is 3. The molecule has 7 heteroatoms. The zero-order valence-corrected chi connectivity index (χ0v) is 11.6. The van der Waals surface area contributed by atoms with Crippen LogP contribution in [0.2, 0.25) is 0 Å². The summed E-state index contributed by atoms with van der Waals surface area (Å²) in [4.78, 5) is 12.0. The molecule has 0 fully saturated rings. The van der Waals surface area contributed by atoms with E-state index in [9.17, 15) is 18.0 Å². The van der Waals surface area contributed by atoms with Crippen LogP contribution in [0.4, 0.5) is 13.2 Å². The van der Waals surface area contributed by atoms with Crippen LogP contribution in [0.15, 0.2) is 16.6 Å². The molecule has 1 aliphatic rings. The van der Waals surface area contributed by atoms with Crippen LogP contribution in [0.3, 0.4) is 0 Å². The van der Waals surface area contributed by atoms with E-state index in [2.05, 4.69) is 15.9 Å². The van der Waals surface area contributed by atoms with Gasteiger partial charge in [-0.25, -0.2) is 0 Å². The highest BCUT2D eigenvalue weighted by Gasteiger charge is 2.43. The third-order valence-electron chi connectivity index (χ3n) is 3.02. The van der Waals surface area contributed by atoms with E-state index in [0.29, 0.717) is 17.7 Å². The third-order valence-corrected chi connectivity index (χ3v) is 3.64. The van der Waals surface area contributed by atoms with Crippen LogP contribution in [-0.2, 0) is 17.8 Å². The van der Waals surface area contributed by atoms with Gasteiger partial charge in [-0.3, -0.25) is 4.79 Å². The number of ether oxygens (including phenoxy) is 1. The fraction of sp³-hybridized carbons (Fsp3) is 0.417. The molecule has 0 aliphatic carbocycles. The Morgan fingerprint density at radius 3 is 2.63 bits per heavy atom. The number of fused-ring (bicyclic) bond motifs is 1. The van der Waals surface area contributed by atoms with Gasteiger partial charge in [0, 0.05) is 13.1 Å². The molecule has 0 saturated carbocycles. The van der Waals surface area contributed by atoms with E-state index < -0.39 is 12.1 Å². The topological polar surface area (TPSA) is 29.5 Å². The number of benzene rings is 1. The summed E-state index contributed by atoms with van der Waals surface area (Å²) in [6.07, 6.45) is -4.42. The van der Waals surface area contributed by atoms with Crippen molar-refractivity contribution in [2.45, 2.75) is 19.1 Å². The summed E-state index contributed by atoms with van der Waals surface area (Å²) in [7, 11) is 1.48. The molecule has 0 saturated heterocycles. The average molecular weight is 338 g/mol. The minimum Gasteiger partial charge on any atom is -0.496 e. The van der Waals surface area contributed by atoms with Gasteiger partial charge in [0.25, 0.3) is 0 Å². The van der Waals surface area contributed by atoms with E-state index >= 15 is 0 Å². The Kier molecular flexibility index (Phi) is 3.75. The number of halogens is 4. The molecule has 104 valence electrons. The number of nitrogens with zero attached hydrogens (tertiary/aromatic N) is 1. The van der Waals surface area contributed by atoms with Crippen LogP contribution in [0.25, 0.3) is 0 Å². The van der Waals surface area contributed by atoms with E-state index in [1.165, 1.54) is 7.11 Å². The predicted molar refractivity (Wildman–Crippen MR) is 65.9 cm³/mol. The fourth-order valence-electron chi connectivity index (χ4n) is 2.07. The number of hydrogen-bond acceptors (Lipinski definition) is 2. The average Bonchev–Trinajstić information content (AvgIpc) is 2.35. The molecule has 0 N–H and O–H groups in total. The molecular weight excluding hydrogens is 327 g/mol. The maximum Gasteiger partial charge on any atom is 0.471 e. The molecule has 2 rings (SSSR count). The Bertz CT molecular complexity index is 516. The number of amides is 1. The van der Waals surface area contributed by atoms with Crippen LogP contribution in [0.1, 0.15) is 11.1 Å². The monoisotopic (exact) mass is 337 g/mol. The Hall–Kier alpha value is -1.24. The van der Waals surface area contributed by atoms with Crippen molar-refractivity contribution in [3.8, 4) is 5.75 Å². The molecule has 1 aromatic carbocycles. The molecule has 0 unspecified atom stereocenters. The third kappa shape index (κ3) is 2.86. The largest absolute Gasteiger partial charge is 0.496 e. The van der Waals surface area contributed by atoms with Gasteiger partial charge in [-0.1, -0.05) is 0 Å². The lowest BCUT2D eigenvalue weighted by atomic mass is 9.99. The lowest BCUT2D eigenvalue weighted by Crippen LogP contribution is -2.43. The normalized spacial score (nSPS) is 15.1. The Morgan fingerprint density at radius 2 is 2.05 bits per heavy atom. The van der Waals surface area contributed by atoms with Gasteiger partial charge >= 0.3 is 12.1 Å². The first-order chi connectivity index (χ1) is 8.82. The molecule has 19 heavy (non-hydrogen) atoms. The summed E-state index contributed by atoms with van der Waals surface area (Å²) in [5.74, 6) is -1.25. The minimum atomic E-state index is -4.82. The molecule has 0 atom stereocenters. The van der Waals surface area contributed by atoms with Crippen molar-refractivity contribution in [2.75, 3.05) is 13.7 Å². The van der Waals surface area contributed by atoms with Gasteiger partial charge in [0.2, 0.25) is 0 Å². The molecule has 1 heterocycles. The molecule has 0 radical (unpaired) electrons. The van der Waals surface area contributed by atoms with Gasteiger partial charge in [0.1, 0.15) is 5.75 Å². The van der Waals surface area contributed by atoms with Crippen LogP contribution >= 0.6 is 15.9 Å². The van der Waals surface area contributed by atoms with Gasteiger partial charge in [-0.05, 0) is 45.6 Å². The molecule has 0 bridgehead atoms. The number of hydrogen-bond donors (Lipinski definition) is 0. The molecule has 1 aliphatic heterocycles. The van der Waals surface area contributed by atoms with E-state index in [-0.39, 0.29) is 13.1 Å². The fourth-order valence-corrected chi connectivity index (χ4v) is 2.62. The van der Waals surface area contributed by atoms with Crippen LogP contribution in [-0.4, -0.2) is 30.6 Å². The number of methoxy groups -OCH3 is 1. The van der Waals surface area contributed by atoms with Gasteiger partial charge < -0.3 is 9.64 Å². The lowest BCUT2D eigenvalue weighted by Gasteiger charge is -2.29. The summed E-state index contributed by atoms with van der Waals surface area (Å²) in [6, 6.07) is 3.48. The zero-order chi connectivity index (χ0) is 14.2. The maximum atomic E-state index is 12.4. The summed E-state index contributed by atoms with van der Waals surface area (Å²) >= 11 is 3.33. The van der Waals surface area contributed by atoms with Crippen molar-refractivity contribution < 1.29 is 22.7 Å². The number of carbonyl (C=O) groups excluding carboxylic acids is 1. The highest BCUT2D eigenvalue weighted by Crippen LogP contribution is 2.32. The first-order valence-corrected chi connectivity index (χ1v) is 6.33. The summed E-state index contributed by atoms with van der Waals surface area (Å²) in [5, 5.41) is 0. The number of rotatable bonds is 1. The first-order valence-electron chi connectivity index (χ1n) is 5.54. The Balaban J connectivity index is 2.27. The maximum absolute atomic E-state index is 12.4. The summed E-state index contributed by atoms with van der Waals surface area (Å²) in [5.41, 5.74) is 1.61. The Labute approximate surface area is 116 Å². The first kappa shape index (κ1) is 14.2. The van der Waals surface area contributed by atoms with Crippen molar-refractivity contribution in [1.82, 2.24) is 4.90 Å². The standard InChI is InChI=1S/C12H11BrF3NO2/c1-19-10-5-8-6-17(11(18)12(14,15)16)3-2-7(8)4-9(10)13/h4-5H,2-3,6H2,1H3. The molecule has 0 aromatic heterocycles. The van der Waals surface area contributed by atoms with Crippen molar-refractivity contribution in [1.29, 1.82) is 0 Å². The van der Waals surface area contributed by atoms with E-state index in [4.69, 9.17) is 4.74 Å². The molecule has 1 aromatic rings. The quantitative estimate of drug-likeness (QED) is 0.788. The minimum absolute atomic E-state index is 0.0443. The van der Waals surface area contributed by atoms with E-state index in [1.807, 2.05) is 6.07 Å². The second kappa shape index (κ2) is 5.03. The SMILES string of the molecule is COc1cc2c(cc1Br)CCN(C(=O)C(F)(F)F)C2. The molecule has 1 amide bonds. The second-order valence-corrected chi connectivity index (χ2v) is 5.08. The molecular formula is C12H11BrF3NO2. The van der Waals surface area contributed by atoms with E-state index in [0.717, 1.165) is 14.9 Å². The molecule has 0 spiro atoms. The van der Waals surface area contributed by atoms with Gasteiger partial charge in [0.05, 0.1) is 11.6 Å². The Morgan fingerprint density at radius 1 is 1.37 bits per heavy atom. The summed E-state index contributed by atoms with van der Waals surface area (Å²) in [6.45, 7) is 0.0292. The van der Waals surface area contributed by atoms with Gasteiger partial charge in [0.15, 0.2) is 0 Å². The van der Waals surface area contributed by atoms with Gasteiger partial charge in [-0.15, -0.1) is 0 Å². The second-order valence-electron chi connectivity index (χ2n) is 4.23. The van der Waals surface area contributed by atoms with Crippen molar-refractivity contribution in [2.24, 2.45) is 0 Å². The van der Waals surface area contributed by atoms with Gasteiger partial charge in [-0.2, -0.15) is 13.2 Å². The van der Waals surface area contributed by atoms with Crippen molar-refractivity contribution in [3.63, 3.8) is 0 Å². The number of carbonyl (C=O) groups is 1. The lowest BCUT2D eigenvalue weighted by molar-refractivity contribution is -0.186. The van der Waals surface area contributed by atoms with Crippen LogP contribution < -0.4 is 4.74 Å². The van der Waals surface area contributed by atoms with Crippen molar-refractivity contribution >= 4 is 21.8 Å². The van der Waals surface area contributed by atoms with Crippen LogP contribution in [0, 0.1) is 0 Å². The summed E-state index contributed by atoms with van der Waals surface area (Å²) < 4.78 is 43.0. The molecule has 3 nitrogen and oxygen atoms in total. The van der Waals surface area contributed by atoms with Crippen LogP contribution in [0.5, 0.6) is 5.75 Å². The zero-order valence-electron chi connectivity index (χ0n) is 10.1. The highest BCUT2D eigenvalue weighted by molar-refractivity contribution is 9.10. The predicted octanol–water partition coefficient (Wildman–Crippen LogP) is 2.90. The smallest absolute Gasteiger partial charge is 0.471 e. The highest BCUT2D eigenvalue weighted by atomic mass is 79.9.